The second-order valence-electron chi connectivity index (χ2n) is 9.62. The highest BCUT2D eigenvalue weighted by molar-refractivity contribution is 7.99. The van der Waals surface area contributed by atoms with Crippen molar-refractivity contribution in [1.29, 1.82) is 0 Å². The molecule has 2 heterocycles. The van der Waals surface area contributed by atoms with Gasteiger partial charge in [0.15, 0.2) is 10.9 Å². The summed E-state index contributed by atoms with van der Waals surface area (Å²) in [7, 11) is 0. The van der Waals surface area contributed by atoms with Gasteiger partial charge in [-0.05, 0) is 48.9 Å². The molecule has 0 saturated carbocycles. The SMILES string of the molecule is CC(=O)NCCCc1nnc(SCC(=O)c2cccc(N3C(=O)c4ccccc4C3=O)c2)n1-c1cccc(C(F)(F)F)c1. The number of aryl methyl sites for hydroxylation is 1. The number of halogens is 3. The summed E-state index contributed by atoms with van der Waals surface area (Å²) < 4.78 is 41.9. The van der Waals surface area contributed by atoms with Crippen LogP contribution in [0, 0.1) is 0 Å². The number of anilines is 1. The molecule has 0 radical (unpaired) electrons. The first kappa shape index (κ1) is 29.7. The Morgan fingerprint density at radius 2 is 1.56 bits per heavy atom. The number of Topliss-reactive ketones (excluding diaryl/α,β-unsaturated/α-hetero) is 1. The average molecular weight is 608 g/mol. The molecule has 43 heavy (non-hydrogen) atoms. The fourth-order valence-corrected chi connectivity index (χ4v) is 5.47. The number of nitrogens with one attached hydrogen (secondary N) is 1. The van der Waals surface area contributed by atoms with E-state index < -0.39 is 23.6 Å². The summed E-state index contributed by atoms with van der Waals surface area (Å²) in [4.78, 5) is 51.2. The lowest BCUT2D eigenvalue weighted by Gasteiger charge is -2.15. The summed E-state index contributed by atoms with van der Waals surface area (Å²) in [5, 5.41) is 11.2. The maximum atomic E-state index is 13.5. The Balaban J connectivity index is 1.37. The van der Waals surface area contributed by atoms with Crippen molar-refractivity contribution in [1.82, 2.24) is 20.1 Å². The molecule has 4 aromatic rings. The molecule has 220 valence electrons. The number of aromatic nitrogens is 3. The van der Waals surface area contributed by atoms with E-state index in [9.17, 15) is 32.3 Å². The normalized spacial score (nSPS) is 12.9. The molecule has 1 aliphatic rings. The van der Waals surface area contributed by atoms with Crippen LogP contribution in [-0.2, 0) is 17.4 Å². The number of rotatable bonds is 10. The molecule has 0 spiro atoms. The minimum atomic E-state index is -4.57. The second-order valence-corrected chi connectivity index (χ2v) is 10.6. The molecule has 0 fully saturated rings. The molecular formula is C30H24F3N5O4S. The van der Waals surface area contributed by atoms with Crippen LogP contribution < -0.4 is 10.2 Å². The Labute approximate surface area is 248 Å². The maximum absolute atomic E-state index is 13.5. The Kier molecular flexibility index (Phi) is 8.44. The maximum Gasteiger partial charge on any atom is 0.416 e. The summed E-state index contributed by atoms with van der Waals surface area (Å²) in [6.45, 7) is 1.72. The molecule has 3 amide bonds. The van der Waals surface area contributed by atoms with Crippen molar-refractivity contribution in [3.63, 3.8) is 0 Å². The van der Waals surface area contributed by atoms with Crippen LogP contribution >= 0.6 is 11.8 Å². The Morgan fingerprint density at radius 1 is 0.884 bits per heavy atom. The predicted octanol–water partition coefficient (Wildman–Crippen LogP) is 5.13. The van der Waals surface area contributed by atoms with Crippen molar-refractivity contribution >= 4 is 41.0 Å². The fraction of sp³-hybridized carbons (Fsp3) is 0.200. The highest BCUT2D eigenvalue weighted by Crippen LogP contribution is 2.33. The minimum absolute atomic E-state index is 0.144. The highest BCUT2D eigenvalue weighted by atomic mass is 32.2. The topological polar surface area (TPSA) is 114 Å². The molecule has 13 heteroatoms. The van der Waals surface area contributed by atoms with E-state index in [1.54, 1.807) is 42.5 Å². The van der Waals surface area contributed by atoms with Crippen molar-refractivity contribution in [2.75, 3.05) is 17.2 Å². The van der Waals surface area contributed by atoms with Crippen LogP contribution in [0.1, 0.15) is 55.8 Å². The zero-order valence-corrected chi connectivity index (χ0v) is 23.5. The van der Waals surface area contributed by atoms with Crippen LogP contribution in [0.2, 0.25) is 0 Å². The van der Waals surface area contributed by atoms with E-state index in [-0.39, 0.29) is 50.7 Å². The van der Waals surface area contributed by atoms with Crippen LogP contribution in [-0.4, -0.2) is 50.6 Å². The van der Waals surface area contributed by atoms with Crippen molar-refractivity contribution in [3.8, 4) is 5.69 Å². The van der Waals surface area contributed by atoms with Gasteiger partial charge in [0.2, 0.25) is 5.91 Å². The summed E-state index contributed by atoms with van der Waals surface area (Å²) in [5.74, 6) is -1.31. The minimum Gasteiger partial charge on any atom is -0.356 e. The number of benzene rings is 3. The van der Waals surface area contributed by atoms with Gasteiger partial charge in [-0.3, -0.25) is 23.7 Å². The van der Waals surface area contributed by atoms with Gasteiger partial charge in [0.05, 0.1) is 28.1 Å². The van der Waals surface area contributed by atoms with E-state index in [4.69, 9.17) is 0 Å². The average Bonchev–Trinajstić information content (AvgIpc) is 3.51. The lowest BCUT2D eigenvalue weighted by molar-refractivity contribution is -0.137. The van der Waals surface area contributed by atoms with Crippen LogP contribution in [0.3, 0.4) is 0 Å². The number of alkyl halides is 3. The van der Waals surface area contributed by atoms with Gasteiger partial charge in [-0.2, -0.15) is 13.2 Å². The van der Waals surface area contributed by atoms with Crippen molar-refractivity contribution < 1.29 is 32.3 Å². The molecule has 1 aliphatic heterocycles. The molecule has 9 nitrogen and oxygen atoms in total. The van der Waals surface area contributed by atoms with Crippen molar-refractivity contribution in [2.24, 2.45) is 0 Å². The van der Waals surface area contributed by atoms with Gasteiger partial charge in [-0.1, -0.05) is 42.1 Å². The van der Waals surface area contributed by atoms with Gasteiger partial charge in [-0.15, -0.1) is 10.2 Å². The zero-order valence-electron chi connectivity index (χ0n) is 22.7. The van der Waals surface area contributed by atoms with Crippen LogP contribution in [0.5, 0.6) is 0 Å². The number of ketones is 1. The van der Waals surface area contributed by atoms with Crippen LogP contribution in [0.15, 0.2) is 78.0 Å². The fourth-order valence-electron chi connectivity index (χ4n) is 4.60. The Morgan fingerprint density at radius 3 is 2.23 bits per heavy atom. The first-order valence-corrected chi connectivity index (χ1v) is 14.1. The zero-order chi connectivity index (χ0) is 30.7. The van der Waals surface area contributed by atoms with Crippen LogP contribution in [0.25, 0.3) is 5.69 Å². The first-order valence-electron chi connectivity index (χ1n) is 13.1. The van der Waals surface area contributed by atoms with E-state index in [1.165, 1.54) is 29.7 Å². The van der Waals surface area contributed by atoms with Crippen molar-refractivity contribution in [2.45, 2.75) is 31.1 Å². The molecule has 0 aliphatic carbocycles. The number of carbonyl (C=O) groups excluding carboxylic acids is 4. The molecule has 5 rings (SSSR count). The third-order valence-electron chi connectivity index (χ3n) is 6.64. The molecule has 1 aromatic heterocycles. The molecule has 3 aromatic carbocycles. The third-order valence-corrected chi connectivity index (χ3v) is 7.56. The third kappa shape index (κ3) is 6.36. The molecule has 0 atom stereocenters. The van der Waals surface area contributed by atoms with Crippen molar-refractivity contribution in [3.05, 3.63) is 101 Å². The summed E-state index contributed by atoms with van der Waals surface area (Å²) in [6.07, 6.45) is -3.80. The number of imide groups is 1. The van der Waals surface area contributed by atoms with E-state index in [1.807, 2.05) is 0 Å². The summed E-state index contributed by atoms with van der Waals surface area (Å²) >= 11 is 0.993. The lowest BCUT2D eigenvalue weighted by Crippen LogP contribution is -2.29. The second kappa shape index (κ2) is 12.2. The van der Waals surface area contributed by atoms with Gasteiger partial charge >= 0.3 is 6.18 Å². The molecule has 0 unspecified atom stereocenters. The Bertz CT molecular complexity index is 1700. The van der Waals surface area contributed by atoms with E-state index in [0.717, 1.165) is 28.8 Å². The monoisotopic (exact) mass is 607 g/mol. The molecule has 0 saturated heterocycles. The van der Waals surface area contributed by atoms with Gasteiger partial charge in [0.25, 0.3) is 11.8 Å². The van der Waals surface area contributed by atoms with Crippen LogP contribution in [0.4, 0.5) is 18.9 Å². The number of hydrogen-bond acceptors (Lipinski definition) is 7. The highest BCUT2D eigenvalue weighted by Gasteiger charge is 2.36. The molecule has 0 bridgehead atoms. The largest absolute Gasteiger partial charge is 0.416 e. The molecule has 1 N–H and O–H groups in total. The number of carbonyl (C=O) groups is 4. The first-order chi connectivity index (χ1) is 20.5. The predicted molar refractivity (Wildman–Crippen MR) is 152 cm³/mol. The summed E-state index contributed by atoms with van der Waals surface area (Å²) in [5.41, 5.74) is 0.373. The number of fused-ring (bicyclic) bond motifs is 1. The van der Waals surface area contributed by atoms with E-state index in [0.29, 0.717) is 25.2 Å². The van der Waals surface area contributed by atoms with Gasteiger partial charge < -0.3 is 5.32 Å². The van der Waals surface area contributed by atoms with E-state index >= 15 is 0 Å². The Hall–Kier alpha value is -4.78. The quantitative estimate of drug-likeness (QED) is 0.115. The smallest absolute Gasteiger partial charge is 0.356 e. The number of thioether (sulfide) groups is 1. The van der Waals surface area contributed by atoms with Gasteiger partial charge in [0.1, 0.15) is 5.82 Å². The van der Waals surface area contributed by atoms with Gasteiger partial charge in [-0.25, -0.2) is 4.90 Å². The number of hydrogen-bond donors (Lipinski definition) is 1. The van der Waals surface area contributed by atoms with E-state index in [2.05, 4.69) is 15.5 Å². The summed E-state index contributed by atoms with van der Waals surface area (Å²) in [6, 6.07) is 17.3. The molecular weight excluding hydrogens is 583 g/mol. The lowest BCUT2D eigenvalue weighted by atomic mass is 10.1. The standard InChI is InChI=1S/C30H24F3N5O4S/c1-18(39)34-14-6-13-26-35-36-29(37(26)22-10-5-8-20(16-22)30(31,32)33)43-17-25(40)19-7-4-9-21(15-19)38-27(41)23-11-2-3-12-24(23)28(38)42/h2-5,7-12,15-16H,6,13-14,17H2,1H3,(H,34,39). The van der Waals surface area contributed by atoms with Gasteiger partial charge in [0, 0.05) is 31.1 Å². The number of amides is 3. The number of nitrogens with zero attached hydrogens (tertiary/aromatic N) is 4.